The van der Waals surface area contributed by atoms with E-state index in [9.17, 15) is 0 Å². The molecule has 4 nitrogen and oxygen atoms in total. The minimum absolute atomic E-state index is 0. The van der Waals surface area contributed by atoms with E-state index in [0.29, 0.717) is 6.61 Å². The summed E-state index contributed by atoms with van der Waals surface area (Å²) in [5, 5.41) is 8.48. The second-order valence-corrected chi connectivity index (χ2v) is 6.09. The van der Waals surface area contributed by atoms with Gasteiger partial charge in [0, 0.05) is 11.1 Å². The van der Waals surface area contributed by atoms with Gasteiger partial charge in [0.1, 0.15) is 24.5 Å². The Hall–Kier alpha value is -2.63. The zero-order valence-corrected chi connectivity index (χ0v) is 14.9. The maximum atomic E-state index is 5.78. The van der Waals surface area contributed by atoms with E-state index in [-0.39, 0.29) is 12.4 Å². The maximum absolute atomic E-state index is 5.78. The third-order valence-electron chi connectivity index (χ3n) is 3.65. The number of anilines is 2. The molecule has 0 aliphatic rings. The predicted molar refractivity (Wildman–Crippen MR) is 105 cm³/mol. The highest BCUT2D eigenvalue weighted by molar-refractivity contribution is 7.07. The van der Waals surface area contributed by atoms with Crippen LogP contribution in [-0.4, -0.2) is 9.97 Å². The van der Waals surface area contributed by atoms with Gasteiger partial charge in [0.05, 0.1) is 5.52 Å². The summed E-state index contributed by atoms with van der Waals surface area (Å²) in [6.45, 7) is 0.590. The molecule has 0 saturated carbocycles. The van der Waals surface area contributed by atoms with Crippen LogP contribution >= 0.6 is 23.7 Å². The van der Waals surface area contributed by atoms with Crippen LogP contribution in [0.2, 0.25) is 0 Å². The first-order valence-electron chi connectivity index (χ1n) is 7.59. The first-order chi connectivity index (χ1) is 11.9. The summed E-state index contributed by atoms with van der Waals surface area (Å²) in [7, 11) is 0. The number of hydrogen-bond donors (Lipinski definition) is 1. The molecule has 25 heavy (non-hydrogen) atoms. The van der Waals surface area contributed by atoms with Crippen LogP contribution in [0, 0.1) is 0 Å². The molecule has 0 fully saturated rings. The van der Waals surface area contributed by atoms with Gasteiger partial charge in [0.15, 0.2) is 0 Å². The Morgan fingerprint density at radius 3 is 2.60 bits per heavy atom. The van der Waals surface area contributed by atoms with Gasteiger partial charge in [-0.15, -0.1) is 12.4 Å². The number of aromatic nitrogens is 2. The minimum Gasteiger partial charge on any atom is -0.489 e. The second-order valence-electron chi connectivity index (χ2n) is 5.31. The van der Waals surface area contributed by atoms with Crippen LogP contribution in [0.1, 0.15) is 5.56 Å². The van der Waals surface area contributed by atoms with Crippen LogP contribution in [0.15, 0.2) is 71.7 Å². The third kappa shape index (κ3) is 4.07. The third-order valence-corrected chi connectivity index (χ3v) is 4.38. The van der Waals surface area contributed by atoms with E-state index in [4.69, 9.17) is 4.74 Å². The number of nitrogens with one attached hydrogen (secondary N) is 1. The molecule has 1 N–H and O–H groups in total. The van der Waals surface area contributed by atoms with Crippen molar-refractivity contribution in [2.24, 2.45) is 0 Å². The van der Waals surface area contributed by atoms with Crippen LogP contribution in [-0.2, 0) is 6.61 Å². The highest BCUT2D eigenvalue weighted by Crippen LogP contribution is 2.24. The molecule has 2 heterocycles. The molecular weight excluding hydrogens is 354 g/mol. The van der Waals surface area contributed by atoms with E-state index in [0.717, 1.165) is 28.2 Å². The van der Waals surface area contributed by atoms with Crippen LogP contribution in [0.3, 0.4) is 0 Å². The fourth-order valence-corrected chi connectivity index (χ4v) is 3.07. The molecule has 0 bridgehead atoms. The topological polar surface area (TPSA) is 47.0 Å². The van der Waals surface area contributed by atoms with E-state index in [2.05, 4.69) is 32.1 Å². The zero-order valence-electron chi connectivity index (χ0n) is 13.3. The lowest BCUT2D eigenvalue weighted by Gasteiger charge is -2.09. The summed E-state index contributed by atoms with van der Waals surface area (Å²) < 4.78 is 5.78. The number of benzene rings is 2. The quantitative estimate of drug-likeness (QED) is 0.509. The Labute approximate surface area is 155 Å². The molecular formula is C19H16ClN3OS. The van der Waals surface area contributed by atoms with Gasteiger partial charge in [0.2, 0.25) is 0 Å². The fraction of sp³-hybridized carbons (Fsp3) is 0.0526. The van der Waals surface area contributed by atoms with Crippen molar-refractivity contribution in [3.8, 4) is 5.75 Å². The monoisotopic (exact) mass is 369 g/mol. The maximum Gasteiger partial charge on any atom is 0.141 e. The zero-order chi connectivity index (χ0) is 16.2. The van der Waals surface area contributed by atoms with Crippen molar-refractivity contribution in [2.75, 3.05) is 5.32 Å². The van der Waals surface area contributed by atoms with E-state index in [1.165, 1.54) is 5.56 Å². The van der Waals surface area contributed by atoms with Gasteiger partial charge < -0.3 is 10.1 Å². The van der Waals surface area contributed by atoms with Crippen molar-refractivity contribution in [3.05, 3.63) is 77.2 Å². The molecule has 0 radical (unpaired) electrons. The Balaban J connectivity index is 0.00000182. The van der Waals surface area contributed by atoms with Gasteiger partial charge in [-0.1, -0.05) is 12.1 Å². The number of halogens is 1. The Kier molecular flexibility index (Phi) is 5.48. The second kappa shape index (κ2) is 7.96. The van der Waals surface area contributed by atoms with Gasteiger partial charge in [-0.3, -0.25) is 0 Å². The van der Waals surface area contributed by atoms with Crippen molar-refractivity contribution in [3.63, 3.8) is 0 Å². The van der Waals surface area contributed by atoms with Crippen LogP contribution < -0.4 is 10.1 Å². The van der Waals surface area contributed by atoms with Crippen molar-refractivity contribution in [1.82, 2.24) is 9.97 Å². The number of thiophene rings is 1. The molecule has 0 aliphatic carbocycles. The number of para-hydroxylation sites is 1. The smallest absolute Gasteiger partial charge is 0.141 e. The molecule has 6 heteroatoms. The van der Waals surface area contributed by atoms with Crippen molar-refractivity contribution < 1.29 is 4.74 Å². The molecule has 0 amide bonds. The highest BCUT2D eigenvalue weighted by atomic mass is 35.5. The van der Waals surface area contributed by atoms with Crippen LogP contribution in [0.4, 0.5) is 11.5 Å². The number of hydrogen-bond acceptors (Lipinski definition) is 5. The van der Waals surface area contributed by atoms with Gasteiger partial charge >= 0.3 is 0 Å². The largest absolute Gasteiger partial charge is 0.489 e. The number of rotatable bonds is 5. The molecule has 0 aliphatic heterocycles. The molecule has 126 valence electrons. The molecule has 0 spiro atoms. The van der Waals surface area contributed by atoms with Crippen molar-refractivity contribution >= 4 is 46.2 Å². The van der Waals surface area contributed by atoms with Gasteiger partial charge in [0.25, 0.3) is 0 Å². The lowest BCUT2D eigenvalue weighted by atomic mass is 10.2. The summed E-state index contributed by atoms with van der Waals surface area (Å²) in [6.07, 6.45) is 1.57. The lowest BCUT2D eigenvalue weighted by Crippen LogP contribution is -1.97. The van der Waals surface area contributed by atoms with Gasteiger partial charge in [-0.25, -0.2) is 9.97 Å². The van der Waals surface area contributed by atoms with Crippen LogP contribution in [0.25, 0.3) is 10.9 Å². The average molecular weight is 370 g/mol. The Morgan fingerprint density at radius 1 is 0.960 bits per heavy atom. The summed E-state index contributed by atoms with van der Waals surface area (Å²) >= 11 is 1.68. The van der Waals surface area contributed by atoms with Gasteiger partial charge in [-0.05, 0) is 58.8 Å². The summed E-state index contributed by atoms with van der Waals surface area (Å²) in [5.41, 5.74) is 3.07. The lowest BCUT2D eigenvalue weighted by molar-refractivity contribution is 0.307. The number of fused-ring (bicyclic) bond motifs is 1. The summed E-state index contributed by atoms with van der Waals surface area (Å²) in [5.74, 6) is 1.65. The molecule has 2 aromatic carbocycles. The SMILES string of the molecule is Cl.c1ccc2c(Nc3ccc(OCc4ccsc4)cc3)ncnc2c1. The van der Waals surface area contributed by atoms with Crippen molar-refractivity contribution in [2.45, 2.75) is 6.61 Å². The first kappa shape index (κ1) is 17.2. The van der Waals surface area contributed by atoms with E-state index >= 15 is 0 Å². The van der Waals surface area contributed by atoms with Crippen LogP contribution in [0.5, 0.6) is 5.75 Å². The molecule has 4 aromatic rings. The van der Waals surface area contributed by atoms with Crippen molar-refractivity contribution in [1.29, 1.82) is 0 Å². The summed E-state index contributed by atoms with van der Waals surface area (Å²) in [6, 6.07) is 17.9. The average Bonchev–Trinajstić information content (AvgIpc) is 3.15. The standard InChI is InChI=1S/C19H15N3OS.ClH/c1-2-4-18-17(3-1)19(21-13-20-18)22-15-5-7-16(8-6-15)23-11-14-9-10-24-12-14;/h1-10,12-13H,11H2,(H,20,21,22);1H. The Bertz CT molecular complexity index is 937. The molecule has 4 rings (SSSR count). The van der Waals surface area contributed by atoms with E-state index < -0.39 is 0 Å². The Morgan fingerprint density at radius 2 is 1.80 bits per heavy atom. The van der Waals surface area contributed by atoms with Gasteiger partial charge in [-0.2, -0.15) is 11.3 Å². The van der Waals surface area contributed by atoms with E-state index in [1.807, 2.05) is 48.5 Å². The fourth-order valence-electron chi connectivity index (χ4n) is 2.42. The molecule has 2 aromatic heterocycles. The predicted octanol–water partition coefficient (Wildman–Crippen LogP) is 5.44. The molecule has 0 atom stereocenters. The minimum atomic E-state index is 0. The number of ether oxygens (including phenoxy) is 1. The first-order valence-corrected chi connectivity index (χ1v) is 8.53. The molecule has 0 unspecified atom stereocenters. The van der Waals surface area contributed by atoms with E-state index in [1.54, 1.807) is 17.7 Å². The normalized spacial score (nSPS) is 10.2. The molecule has 0 saturated heterocycles. The number of nitrogens with zero attached hydrogens (tertiary/aromatic N) is 2. The summed E-state index contributed by atoms with van der Waals surface area (Å²) in [4.78, 5) is 8.62. The highest BCUT2D eigenvalue weighted by Gasteiger charge is 2.04.